The highest BCUT2D eigenvalue weighted by molar-refractivity contribution is 7.07. The van der Waals surface area contributed by atoms with E-state index in [1.54, 1.807) is 0 Å². The number of aliphatic hydroxyl groups is 1. The fraction of sp³-hybridized carbons (Fsp3) is 0.462. The fourth-order valence-electron chi connectivity index (χ4n) is 5.11. The van der Waals surface area contributed by atoms with Crippen LogP contribution in [0.25, 0.3) is 0 Å². The van der Waals surface area contributed by atoms with Gasteiger partial charge in [0.25, 0.3) is 0 Å². The van der Waals surface area contributed by atoms with Crippen LogP contribution in [0.3, 0.4) is 0 Å². The summed E-state index contributed by atoms with van der Waals surface area (Å²) < 4.78 is 0. The summed E-state index contributed by atoms with van der Waals surface area (Å²) in [5.41, 5.74) is 4.20. The lowest BCUT2D eigenvalue weighted by Crippen LogP contribution is -2.63. The fourth-order valence-corrected chi connectivity index (χ4v) is 10.4. The van der Waals surface area contributed by atoms with Crippen LogP contribution in [-0.4, -0.2) is 19.3 Å². The largest absolute Gasteiger partial charge is 0.393 e. The van der Waals surface area contributed by atoms with E-state index in [4.69, 9.17) is 0 Å². The molecule has 1 N–H and O–H groups in total. The number of rotatable bonds is 3. The predicted octanol–water partition coefficient (Wildman–Crippen LogP) is 5.33. The van der Waals surface area contributed by atoms with Crippen molar-refractivity contribution in [3.05, 3.63) is 71.9 Å². The van der Waals surface area contributed by atoms with Gasteiger partial charge >= 0.3 is 0 Å². The molecule has 0 amide bonds. The van der Waals surface area contributed by atoms with E-state index in [1.165, 1.54) is 15.9 Å². The molecular formula is C26H36OSi. The van der Waals surface area contributed by atoms with Gasteiger partial charge in [-0.05, 0) is 39.6 Å². The summed E-state index contributed by atoms with van der Waals surface area (Å²) >= 11 is 0. The van der Waals surface area contributed by atoms with Crippen LogP contribution in [0.4, 0.5) is 0 Å². The summed E-state index contributed by atoms with van der Waals surface area (Å²) in [5, 5.41) is 13.7. The molecule has 2 aromatic rings. The lowest BCUT2D eigenvalue weighted by molar-refractivity contribution is 0.0639. The molecule has 1 aliphatic carbocycles. The van der Waals surface area contributed by atoms with Crippen molar-refractivity contribution in [1.82, 2.24) is 0 Å². The van der Waals surface area contributed by atoms with Gasteiger partial charge < -0.3 is 5.11 Å². The van der Waals surface area contributed by atoms with Crippen LogP contribution in [0.2, 0.25) is 5.04 Å². The molecule has 2 heteroatoms. The molecular weight excluding hydrogens is 356 g/mol. The zero-order valence-electron chi connectivity index (χ0n) is 18.4. The lowest BCUT2D eigenvalue weighted by atomic mass is 9.68. The van der Waals surface area contributed by atoms with Gasteiger partial charge in [-0.2, -0.15) is 0 Å². The second-order valence-corrected chi connectivity index (χ2v) is 14.9. The average molecular weight is 393 g/mol. The number of hydrogen-bond donors (Lipinski definition) is 1. The van der Waals surface area contributed by atoms with Gasteiger partial charge in [0.15, 0.2) is 0 Å². The van der Waals surface area contributed by atoms with Gasteiger partial charge in [0.1, 0.15) is 8.07 Å². The molecule has 1 saturated carbocycles. The molecule has 0 spiro atoms. The van der Waals surface area contributed by atoms with Gasteiger partial charge in [0.2, 0.25) is 0 Å². The van der Waals surface area contributed by atoms with E-state index in [0.717, 1.165) is 12.8 Å². The van der Waals surface area contributed by atoms with E-state index in [2.05, 4.69) is 108 Å². The molecule has 1 nitrogen and oxygen atoms in total. The highest BCUT2D eigenvalue weighted by Gasteiger charge is 2.48. The van der Waals surface area contributed by atoms with E-state index >= 15 is 0 Å². The molecule has 3 rings (SSSR count). The molecule has 0 heterocycles. The summed E-state index contributed by atoms with van der Waals surface area (Å²) in [4.78, 5) is 0. The Morgan fingerprint density at radius 3 is 1.82 bits per heavy atom. The first-order valence-electron chi connectivity index (χ1n) is 10.6. The second-order valence-electron chi connectivity index (χ2n) is 10.3. The summed E-state index contributed by atoms with van der Waals surface area (Å²) in [5.74, 6) is 0.353. The van der Waals surface area contributed by atoms with Gasteiger partial charge in [-0.15, -0.1) is 0 Å². The third kappa shape index (κ3) is 3.77. The van der Waals surface area contributed by atoms with Crippen molar-refractivity contribution in [2.75, 3.05) is 0 Å². The zero-order valence-corrected chi connectivity index (χ0v) is 19.4. The molecule has 0 unspecified atom stereocenters. The molecule has 1 fully saturated rings. The third-order valence-electron chi connectivity index (χ3n) is 6.82. The minimum atomic E-state index is -2.25. The summed E-state index contributed by atoms with van der Waals surface area (Å²) in [6, 6.07) is 22.2. The first kappa shape index (κ1) is 21.1. The molecule has 0 bridgehead atoms. The van der Waals surface area contributed by atoms with Gasteiger partial charge in [-0.1, -0.05) is 113 Å². The van der Waals surface area contributed by atoms with Crippen LogP contribution >= 0.6 is 0 Å². The number of aliphatic hydroxyl groups excluding tert-OH is 1. The van der Waals surface area contributed by atoms with Crippen molar-refractivity contribution in [2.45, 2.75) is 65.5 Å². The highest BCUT2D eigenvalue weighted by atomic mass is 28.3. The Balaban J connectivity index is 2.31. The topological polar surface area (TPSA) is 20.2 Å². The quantitative estimate of drug-likeness (QED) is 0.700. The maximum absolute atomic E-state index is 10.7. The summed E-state index contributed by atoms with van der Waals surface area (Å²) in [6.45, 7) is 14.1. The molecule has 0 aromatic heterocycles. The molecule has 2 atom stereocenters. The molecule has 28 heavy (non-hydrogen) atoms. The zero-order chi connectivity index (χ0) is 20.6. The van der Waals surface area contributed by atoms with Crippen LogP contribution < -0.4 is 10.4 Å². The maximum Gasteiger partial charge on any atom is 0.146 e. The minimum Gasteiger partial charge on any atom is -0.393 e. The van der Waals surface area contributed by atoms with Crippen LogP contribution in [-0.2, 0) is 0 Å². The maximum atomic E-state index is 10.7. The van der Waals surface area contributed by atoms with Gasteiger partial charge in [0.05, 0.1) is 6.10 Å². The normalized spacial score (nSPS) is 24.3. The molecule has 150 valence electrons. The van der Waals surface area contributed by atoms with Gasteiger partial charge in [-0.3, -0.25) is 0 Å². The van der Waals surface area contributed by atoms with E-state index < -0.39 is 8.07 Å². The van der Waals surface area contributed by atoms with Crippen molar-refractivity contribution in [1.29, 1.82) is 0 Å². The SMILES string of the molecule is C[C@H]1CC(C)(C)/C(=C/[Si](c2ccccc2)(c2ccccc2)C(C)(C)C)C[C@H]1O. The average Bonchev–Trinajstić information content (AvgIpc) is 2.64. The monoisotopic (exact) mass is 392 g/mol. The Bertz CT molecular complexity index is 775. The van der Waals surface area contributed by atoms with E-state index in [-0.39, 0.29) is 16.6 Å². The highest BCUT2D eigenvalue weighted by Crippen LogP contribution is 2.46. The predicted molar refractivity (Wildman–Crippen MR) is 124 cm³/mol. The van der Waals surface area contributed by atoms with Gasteiger partial charge in [-0.25, -0.2) is 0 Å². The summed E-state index contributed by atoms with van der Waals surface area (Å²) in [7, 11) is -2.25. The van der Waals surface area contributed by atoms with Crippen molar-refractivity contribution >= 4 is 18.4 Å². The van der Waals surface area contributed by atoms with Crippen LogP contribution in [0, 0.1) is 11.3 Å². The number of hydrogen-bond acceptors (Lipinski definition) is 1. The third-order valence-corrected chi connectivity index (χ3v) is 12.5. The van der Waals surface area contributed by atoms with Crippen molar-refractivity contribution in [2.24, 2.45) is 11.3 Å². The van der Waals surface area contributed by atoms with E-state index in [9.17, 15) is 5.11 Å². The Morgan fingerprint density at radius 1 is 0.929 bits per heavy atom. The van der Waals surface area contributed by atoms with Crippen LogP contribution in [0.15, 0.2) is 71.9 Å². The van der Waals surface area contributed by atoms with E-state index in [1.807, 2.05) is 0 Å². The standard InChI is InChI=1S/C26H36OSi/c1-20-18-26(5,6)21(17-24(20)27)19-28(25(2,3)4,22-13-9-7-10-14-22)23-15-11-8-12-16-23/h7-16,19-20,24,27H,17-18H2,1-6H3/b21-19+/t20-,24+/m0/s1. The van der Waals surface area contributed by atoms with Crippen molar-refractivity contribution in [3.8, 4) is 0 Å². The Kier molecular flexibility index (Phi) is 5.75. The second kappa shape index (κ2) is 7.65. The molecule has 0 aliphatic heterocycles. The lowest BCUT2D eigenvalue weighted by Gasteiger charge is -2.46. The first-order chi connectivity index (χ1) is 13.1. The molecule has 0 saturated heterocycles. The van der Waals surface area contributed by atoms with Crippen molar-refractivity contribution in [3.63, 3.8) is 0 Å². The van der Waals surface area contributed by atoms with Crippen LogP contribution in [0.1, 0.15) is 54.4 Å². The molecule has 1 aliphatic rings. The Hall–Kier alpha value is -1.64. The van der Waals surface area contributed by atoms with Crippen molar-refractivity contribution < 1.29 is 5.11 Å². The molecule has 2 aromatic carbocycles. The Morgan fingerprint density at radius 2 is 1.39 bits per heavy atom. The Labute approximate surface area is 172 Å². The van der Waals surface area contributed by atoms with Gasteiger partial charge in [0, 0.05) is 0 Å². The summed E-state index contributed by atoms with van der Waals surface area (Å²) in [6.07, 6.45) is 1.59. The van der Waals surface area contributed by atoms with E-state index in [0.29, 0.717) is 5.92 Å². The van der Waals surface area contributed by atoms with Crippen LogP contribution in [0.5, 0.6) is 0 Å². The minimum absolute atomic E-state index is 0.104. The molecule has 0 radical (unpaired) electrons. The first-order valence-corrected chi connectivity index (χ1v) is 12.7. The smallest absolute Gasteiger partial charge is 0.146 e. The number of benzene rings is 2.